The third-order valence-electron chi connectivity index (χ3n) is 2.98. The molecule has 4 nitrogen and oxygen atoms in total. The zero-order valence-corrected chi connectivity index (χ0v) is 12.3. The second kappa shape index (κ2) is 7.10. The predicted molar refractivity (Wildman–Crippen MR) is 71.6 cm³/mol. The van der Waals surface area contributed by atoms with E-state index in [-0.39, 0.29) is 11.6 Å². The van der Waals surface area contributed by atoms with Gasteiger partial charge in [0.05, 0.1) is 6.61 Å². The summed E-state index contributed by atoms with van der Waals surface area (Å²) in [6.07, 6.45) is 1.94. The van der Waals surface area contributed by atoms with E-state index in [9.17, 15) is 17.2 Å². The number of sulfonamides is 1. The predicted octanol–water partition coefficient (Wildman–Crippen LogP) is 2.31. The number of hydrogen-bond acceptors (Lipinski definition) is 3. The zero-order chi connectivity index (χ0) is 15.3. The largest absolute Gasteiger partial charge is 0.392 e. The molecule has 0 aliphatic heterocycles. The first-order valence-electron chi connectivity index (χ1n) is 6.46. The molecule has 0 spiro atoms. The van der Waals surface area contributed by atoms with Crippen molar-refractivity contribution in [3.05, 3.63) is 29.3 Å². The van der Waals surface area contributed by atoms with Crippen molar-refractivity contribution in [2.24, 2.45) is 0 Å². The van der Waals surface area contributed by atoms with E-state index >= 15 is 0 Å². The summed E-state index contributed by atoms with van der Waals surface area (Å²) in [6, 6.07) is 1.39. The van der Waals surface area contributed by atoms with Gasteiger partial charge in [0.1, 0.15) is 4.90 Å². The molecular weight excluding hydrogens is 288 g/mol. The summed E-state index contributed by atoms with van der Waals surface area (Å²) in [5.74, 6) is -2.72. The molecule has 7 heteroatoms. The Balaban J connectivity index is 3.18. The van der Waals surface area contributed by atoms with E-state index in [0.29, 0.717) is 12.8 Å². The minimum atomic E-state index is -4.16. The number of aliphatic hydroxyl groups is 1. The van der Waals surface area contributed by atoms with Crippen LogP contribution in [0.25, 0.3) is 0 Å². The summed E-state index contributed by atoms with van der Waals surface area (Å²) in [4.78, 5) is -0.767. The van der Waals surface area contributed by atoms with Crippen molar-refractivity contribution in [1.29, 1.82) is 0 Å². The van der Waals surface area contributed by atoms with Gasteiger partial charge in [-0.1, -0.05) is 20.3 Å². The molecule has 0 saturated heterocycles. The molecule has 0 aliphatic carbocycles. The SMILES string of the molecule is CCCC(CC)NS(=O)(=O)c1cc(CO)cc(F)c1F. The average Bonchev–Trinajstić information content (AvgIpc) is 2.40. The monoisotopic (exact) mass is 307 g/mol. The fourth-order valence-electron chi connectivity index (χ4n) is 1.88. The summed E-state index contributed by atoms with van der Waals surface area (Å²) in [7, 11) is -4.16. The summed E-state index contributed by atoms with van der Waals surface area (Å²) >= 11 is 0. The van der Waals surface area contributed by atoms with Crippen LogP contribution in [0.1, 0.15) is 38.7 Å². The summed E-state index contributed by atoms with van der Waals surface area (Å²) in [5, 5.41) is 8.95. The van der Waals surface area contributed by atoms with Crippen LogP contribution >= 0.6 is 0 Å². The van der Waals surface area contributed by atoms with Gasteiger partial charge in [-0.2, -0.15) is 0 Å². The van der Waals surface area contributed by atoms with Crippen molar-refractivity contribution in [3.63, 3.8) is 0 Å². The van der Waals surface area contributed by atoms with E-state index in [1.54, 1.807) is 0 Å². The Hall–Kier alpha value is -1.05. The van der Waals surface area contributed by atoms with Gasteiger partial charge in [-0.05, 0) is 30.5 Å². The van der Waals surface area contributed by atoms with Crippen molar-refractivity contribution in [2.75, 3.05) is 0 Å². The van der Waals surface area contributed by atoms with Gasteiger partial charge in [0.15, 0.2) is 11.6 Å². The standard InChI is InChI=1S/C13H19F2NO3S/c1-3-5-10(4-2)16-20(18,19)12-7-9(8-17)6-11(14)13(12)15/h6-7,10,16-17H,3-5,8H2,1-2H3. The van der Waals surface area contributed by atoms with Crippen LogP contribution in [-0.2, 0) is 16.6 Å². The van der Waals surface area contributed by atoms with E-state index in [0.717, 1.165) is 18.6 Å². The number of aliphatic hydroxyl groups excluding tert-OH is 1. The molecule has 1 rings (SSSR count). The van der Waals surface area contributed by atoms with E-state index < -0.39 is 33.2 Å². The Labute approximate surface area is 117 Å². The van der Waals surface area contributed by atoms with Crippen LogP contribution in [0, 0.1) is 11.6 Å². The molecule has 20 heavy (non-hydrogen) atoms. The molecule has 0 aromatic heterocycles. The van der Waals surface area contributed by atoms with Gasteiger partial charge in [-0.25, -0.2) is 21.9 Å². The Morgan fingerprint density at radius 2 is 1.95 bits per heavy atom. The third kappa shape index (κ3) is 3.97. The quantitative estimate of drug-likeness (QED) is 0.812. The molecule has 0 radical (unpaired) electrons. The molecule has 0 saturated carbocycles. The molecule has 2 N–H and O–H groups in total. The number of nitrogens with one attached hydrogen (secondary N) is 1. The lowest BCUT2D eigenvalue weighted by Crippen LogP contribution is -2.35. The molecule has 0 aliphatic rings. The Kier molecular flexibility index (Phi) is 6.04. The number of rotatable bonds is 7. The first-order chi connectivity index (χ1) is 9.35. The fourth-order valence-corrected chi connectivity index (χ4v) is 3.37. The van der Waals surface area contributed by atoms with Crippen molar-refractivity contribution in [1.82, 2.24) is 4.72 Å². The topological polar surface area (TPSA) is 66.4 Å². The molecule has 1 aromatic rings. The molecule has 0 heterocycles. The lowest BCUT2D eigenvalue weighted by Gasteiger charge is -2.17. The van der Waals surface area contributed by atoms with E-state index in [2.05, 4.69) is 4.72 Å². The second-order valence-electron chi connectivity index (χ2n) is 4.56. The number of hydrogen-bond donors (Lipinski definition) is 2. The smallest absolute Gasteiger partial charge is 0.243 e. The van der Waals surface area contributed by atoms with Gasteiger partial charge in [-0.3, -0.25) is 0 Å². The normalized spacial score (nSPS) is 13.4. The summed E-state index contributed by atoms with van der Waals surface area (Å²) in [6.45, 7) is 3.15. The molecule has 114 valence electrons. The lowest BCUT2D eigenvalue weighted by molar-refractivity contribution is 0.280. The van der Waals surface area contributed by atoms with Crippen molar-refractivity contribution >= 4 is 10.0 Å². The Morgan fingerprint density at radius 3 is 2.45 bits per heavy atom. The first-order valence-corrected chi connectivity index (χ1v) is 7.95. The van der Waals surface area contributed by atoms with Crippen LogP contribution in [0.3, 0.4) is 0 Å². The van der Waals surface area contributed by atoms with Crippen molar-refractivity contribution in [3.8, 4) is 0 Å². The van der Waals surface area contributed by atoms with Crippen LogP contribution in [-0.4, -0.2) is 19.6 Å². The van der Waals surface area contributed by atoms with Crippen LogP contribution in [0.5, 0.6) is 0 Å². The van der Waals surface area contributed by atoms with Gasteiger partial charge >= 0.3 is 0 Å². The molecule has 0 fully saturated rings. The summed E-state index contributed by atoms with van der Waals surface area (Å²) in [5.41, 5.74) is 0.00724. The Bertz CT molecular complexity index is 561. The molecule has 1 atom stereocenters. The number of benzene rings is 1. The molecule has 1 unspecified atom stereocenters. The Morgan fingerprint density at radius 1 is 1.30 bits per heavy atom. The van der Waals surface area contributed by atoms with Gasteiger partial charge in [0.2, 0.25) is 10.0 Å². The fraction of sp³-hybridized carbons (Fsp3) is 0.538. The van der Waals surface area contributed by atoms with E-state index in [1.165, 1.54) is 0 Å². The maximum absolute atomic E-state index is 13.7. The van der Waals surface area contributed by atoms with Crippen LogP contribution in [0.4, 0.5) is 8.78 Å². The van der Waals surface area contributed by atoms with Crippen LogP contribution < -0.4 is 4.72 Å². The van der Waals surface area contributed by atoms with Gasteiger partial charge < -0.3 is 5.11 Å². The highest BCUT2D eigenvalue weighted by Gasteiger charge is 2.25. The summed E-state index contributed by atoms with van der Waals surface area (Å²) < 4.78 is 53.6. The van der Waals surface area contributed by atoms with Crippen molar-refractivity contribution in [2.45, 2.75) is 50.7 Å². The highest BCUT2D eigenvalue weighted by Crippen LogP contribution is 2.21. The van der Waals surface area contributed by atoms with E-state index in [4.69, 9.17) is 5.11 Å². The minimum absolute atomic E-state index is 0.00724. The third-order valence-corrected chi connectivity index (χ3v) is 4.50. The molecule has 1 aromatic carbocycles. The average molecular weight is 307 g/mol. The zero-order valence-electron chi connectivity index (χ0n) is 11.5. The number of halogens is 2. The molecular formula is C13H19F2NO3S. The second-order valence-corrected chi connectivity index (χ2v) is 6.25. The maximum Gasteiger partial charge on any atom is 0.243 e. The molecule has 0 amide bonds. The maximum atomic E-state index is 13.7. The molecule has 0 bridgehead atoms. The van der Waals surface area contributed by atoms with E-state index in [1.807, 2.05) is 13.8 Å². The highest BCUT2D eigenvalue weighted by atomic mass is 32.2. The van der Waals surface area contributed by atoms with Gasteiger partial charge in [-0.15, -0.1) is 0 Å². The lowest BCUT2D eigenvalue weighted by atomic mass is 10.1. The van der Waals surface area contributed by atoms with Gasteiger partial charge in [0, 0.05) is 6.04 Å². The van der Waals surface area contributed by atoms with Gasteiger partial charge in [0.25, 0.3) is 0 Å². The van der Waals surface area contributed by atoms with Crippen LogP contribution in [0.2, 0.25) is 0 Å². The van der Waals surface area contributed by atoms with Crippen LogP contribution in [0.15, 0.2) is 17.0 Å². The first kappa shape index (κ1) is 17.0. The highest BCUT2D eigenvalue weighted by molar-refractivity contribution is 7.89. The minimum Gasteiger partial charge on any atom is -0.392 e. The van der Waals surface area contributed by atoms with Crippen molar-refractivity contribution < 1.29 is 22.3 Å².